The van der Waals surface area contributed by atoms with Crippen molar-refractivity contribution in [2.45, 2.75) is 38.1 Å². The van der Waals surface area contributed by atoms with Gasteiger partial charge in [-0.3, -0.25) is 4.57 Å². The van der Waals surface area contributed by atoms with Gasteiger partial charge in [0.15, 0.2) is 0 Å². The highest BCUT2D eigenvalue weighted by Crippen LogP contribution is 2.65. The Kier molecular flexibility index (Phi) is 1.76. The second-order valence-corrected chi connectivity index (χ2v) is 6.93. The van der Waals surface area contributed by atoms with E-state index in [9.17, 15) is 9.67 Å². The van der Waals surface area contributed by atoms with Crippen LogP contribution in [-0.4, -0.2) is 22.7 Å². The van der Waals surface area contributed by atoms with Crippen LogP contribution in [0.15, 0.2) is 0 Å². The monoisotopic (exact) mass is 178 g/mol. The van der Waals surface area contributed by atoms with Crippen LogP contribution in [-0.2, 0) is 9.09 Å². The van der Waals surface area contributed by atoms with E-state index in [0.29, 0.717) is 6.42 Å². The molecule has 11 heavy (non-hydrogen) atoms. The normalized spacial score (nSPS) is 49.5. The van der Waals surface area contributed by atoms with Crippen LogP contribution in [0.3, 0.4) is 0 Å². The minimum absolute atomic E-state index is 0.438. The third-order valence-electron chi connectivity index (χ3n) is 2.06. The van der Waals surface area contributed by atoms with Gasteiger partial charge >= 0.3 is 0 Å². The van der Waals surface area contributed by atoms with E-state index in [-0.39, 0.29) is 0 Å². The molecular weight excluding hydrogens is 163 g/mol. The van der Waals surface area contributed by atoms with E-state index in [2.05, 4.69) is 0 Å². The highest BCUT2D eigenvalue weighted by atomic mass is 31.2. The first kappa shape index (κ1) is 9.24. The SMILES string of the molecule is CC1(C)CC(C)(O)P(C)(=O)O1. The van der Waals surface area contributed by atoms with Crippen LogP contribution in [0.1, 0.15) is 27.2 Å². The summed E-state index contributed by atoms with van der Waals surface area (Å²) in [4.78, 5) is 0. The fraction of sp³-hybridized carbons (Fsp3) is 1.00. The molecule has 2 unspecified atom stereocenters. The summed E-state index contributed by atoms with van der Waals surface area (Å²) in [6, 6.07) is 0. The summed E-state index contributed by atoms with van der Waals surface area (Å²) < 4.78 is 16.9. The topological polar surface area (TPSA) is 46.5 Å². The largest absolute Gasteiger partial charge is 0.380 e. The van der Waals surface area contributed by atoms with Crippen LogP contribution in [0, 0.1) is 0 Å². The molecule has 1 N–H and O–H groups in total. The lowest BCUT2D eigenvalue weighted by atomic mass is 10.0. The third-order valence-corrected chi connectivity index (χ3v) is 4.81. The van der Waals surface area contributed by atoms with Gasteiger partial charge in [0.05, 0.1) is 5.60 Å². The molecule has 3 nitrogen and oxygen atoms in total. The highest BCUT2D eigenvalue weighted by molar-refractivity contribution is 7.59. The molecule has 1 aliphatic rings. The molecule has 2 atom stereocenters. The molecule has 66 valence electrons. The maximum Gasteiger partial charge on any atom is 0.231 e. The molecule has 0 bridgehead atoms. The van der Waals surface area contributed by atoms with Gasteiger partial charge in [0.2, 0.25) is 7.37 Å². The molecular formula is C7H15O3P. The number of rotatable bonds is 0. The van der Waals surface area contributed by atoms with Crippen LogP contribution in [0.2, 0.25) is 0 Å². The lowest BCUT2D eigenvalue weighted by Gasteiger charge is -2.19. The summed E-state index contributed by atoms with van der Waals surface area (Å²) in [5, 5.41) is 8.53. The number of hydrogen-bond donors (Lipinski definition) is 1. The third kappa shape index (κ3) is 1.51. The Morgan fingerprint density at radius 2 is 1.91 bits per heavy atom. The average Bonchev–Trinajstić information content (AvgIpc) is 1.66. The molecule has 0 spiro atoms. The summed E-state index contributed by atoms with van der Waals surface area (Å²) in [5.41, 5.74) is -0.451. The predicted molar refractivity (Wildman–Crippen MR) is 43.9 cm³/mol. The quantitative estimate of drug-likeness (QED) is 0.575. The van der Waals surface area contributed by atoms with Crippen molar-refractivity contribution in [2.24, 2.45) is 0 Å². The smallest absolute Gasteiger partial charge is 0.231 e. The van der Waals surface area contributed by atoms with E-state index in [1.165, 1.54) is 6.66 Å². The molecule has 0 saturated carbocycles. The molecule has 0 aromatic heterocycles. The highest BCUT2D eigenvalue weighted by Gasteiger charge is 2.53. The fourth-order valence-electron chi connectivity index (χ4n) is 1.55. The zero-order valence-corrected chi connectivity index (χ0v) is 8.31. The molecule has 1 fully saturated rings. The van der Waals surface area contributed by atoms with Gasteiger partial charge in [-0.1, -0.05) is 0 Å². The Balaban J connectivity index is 2.99. The fourth-order valence-corrected chi connectivity index (χ4v) is 3.42. The van der Waals surface area contributed by atoms with Crippen molar-refractivity contribution in [3.05, 3.63) is 0 Å². The average molecular weight is 178 g/mol. The molecule has 0 aliphatic carbocycles. The van der Waals surface area contributed by atoms with Crippen LogP contribution in [0.25, 0.3) is 0 Å². The van der Waals surface area contributed by atoms with Gasteiger partial charge in [-0.05, 0) is 20.8 Å². The standard InChI is InChI=1S/C7H15O3P/c1-6(2)5-7(3,8)11(4,9)10-6/h8H,5H2,1-4H3. The van der Waals surface area contributed by atoms with E-state index in [4.69, 9.17) is 4.52 Å². The molecule has 4 heteroatoms. The van der Waals surface area contributed by atoms with E-state index in [0.717, 1.165) is 0 Å². The summed E-state index contributed by atoms with van der Waals surface area (Å²) >= 11 is 0. The molecule has 1 aliphatic heterocycles. The van der Waals surface area contributed by atoms with Crippen LogP contribution in [0.4, 0.5) is 0 Å². The minimum atomic E-state index is -2.81. The molecule has 0 aromatic rings. The van der Waals surface area contributed by atoms with Gasteiger partial charge < -0.3 is 9.63 Å². The summed E-state index contributed by atoms with van der Waals surface area (Å²) in [6.45, 7) is 6.74. The number of hydrogen-bond acceptors (Lipinski definition) is 3. The first-order chi connectivity index (χ1) is 4.66. The van der Waals surface area contributed by atoms with Gasteiger partial charge in [0, 0.05) is 13.1 Å². The van der Waals surface area contributed by atoms with Crippen molar-refractivity contribution in [2.75, 3.05) is 6.66 Å². The maximum atomic E-state index is 11.6. The van der Waals surface area contributed by atoms with Gasteiger partial charge in [-0.2, -0.15) is 0 Å². The maximum absolute atomic E-state index is 11.6. The molecule has 0 aromatic carbocycles. The van der Waals surface area contributed by atoms with E-state index in [1.807, 2.05) is 13.8 Å². The Morgan fingerprint density at radius 1 is 1.45 bits per heavy atom. The summed E-state index contributed by atoms with van der Waals surface area (Å²) in [7, 11) is -2.81. The molecule has 1 rings (SSSR count). The molecule has 1 saturated heterocycles. The van der Waals surface area contributed by atoms with Crippen LogP contribution >= 0.6 is 7.37 Å². The first-order valence-electron chi connectivity index (χ1n) is 3.67. The number of aliphatic hydroxyl groups is 1. The van der Waals surface area contributed by atoms with Gasteiger partial charge in [0.25, 0.3) is 0 Å². The van der Waals surface area contributed by atoms with Crippen molar-refractivity contribution in [3.8, 4) is 0 Å². The van der Waals surface area contributed by atoms with Crippen molar-refractivity contribution >= 4 is 7.37 Å². The summed E-state index contributed by atoms with van der Waals surface area (Å²) in [6.07, 6.45) is 0.438. The van der Waals surface area contributed by atoms with Crippen LogP contribution in [0.5, 0.6) is 0 Å². The molecule has 1 heterocycles. The van der Waals surface area contributed by atoms with E-state index >= 15 is 0 Å². The second kappa shape index (κ2) is 2.09. The molecule has 0 radical (unpaired) electrons. The zero-order valence-electron chi connectivity index (χ0n) is 7.42. The lowest BCUT2D eigenvalue weighted by Crippen LogP contribution is -2.24. The lowest BCUT2D eigenvalue weighted by molar-refractivity contribution is 0.0932. The minimum Gasteiger partial charge on any atom is -0.380 e. The van der Waals surface area contributed by atoms with Gasteiger partial charge in [-0.15, -0.1) is 0 Å². The predicted octanol–water partition coefficient (Wildman–Crippen LogP) is 1.80. The Morgan fingerprint density at radius 3 is 2.00 bits per heavy atom. The van der Waals surface area contributed by atoms with Crippen molar-refractivity contribution in [1.82, 2.24) is 0 Å². The second-order valence-electron chi connectivity index (χ2n) is 4.09. The van der Waals surface area contributed by atoms with E-state index in [1.54, 1.807) is 6.92 Å². The first-order valence-corrected chi connectivity index (χ1v) is 5.74. The van der Waals surface area contributed by atoms with E-state index < -0.39 is 18.3 Å². The van der Waals surface area contributed by atoms with Gasteiger partial charge in [-0.25, -0.2) is 0 Å². The van der Waals surface area contributed by atoms with Gasteiger partial charge in [0.1, 0.15) is 5.34 Å². The Bertz CT molecular complexity index is 220. The molecule has 0 amide bonds. The Hall–Kier alpha value is 0.150. The zero-order chi connectivity index (χ0) is 8.91. The van der Waals surface area contributed by atoms with Crippen molar-refractivity contribution in [1.29, 1.82) is 0 Å². The van der Waals surface area contributed by atoms with Crippen molar-refractivity contribution < 1.29 is 14.2 Å². The Labute approximate surface area is 67.2 Å². The van der Waals surface area contributed by atoms with Crippen LogP contribution < -0.4 is 0 Å². The summed E-state index contributed by atoms with van der Waals surface area (Å²) in [5.74, 6) is 0. The van der Waals surface area contributed by atoms with Crippen molar-refractivity contribution in [3.63, 3.8) is 0 Å².